The van der Waals surface area contributed by atoms with Gasteiger partial charge in [-0.05, 0) is 42.8 Å². The molecule has 0 fully saturated rings. The van der Waals surface area contributed by atoms with Crippen LogP contribution in [-0.4, -0.2) is 21.0 Å². The van der Waals surface area contributed by atoms with E-state index in [0.717, 1.165) is 11.4 Å². The largest absolute Gasteiger partial charge is 0.312 e. The quantitative estimate of drug-likeness (QED) is 0.774. The van der Waals surface area contributed by atoms with E-state index in [1.807, 2.05) is 36.7 Å². The van der Waals surface area contributed by atoms with Crippen molar-refractivity contribution in [3.8, 4) is 0 Å². The van der Waals surface area contributed by atoms with E-state index < -0.39 is 10.0 Å². The Hall–Kier alpha value is -0.730. The fourth-order valence-electron chi connectivity index (χ4n) is 2.04. The van der Waals surface area contributed by atoms with Gasteiger partial charge in [-0.1, -0.05) is 13.0 Å². The highest BCUT2D eigenvalue weighted by Crippen LogP contribution is 2.22. The van der Waals surface area contributed by atoms with Crippen LogP contribution in [0.5, 0.6) is 0 Å². The molecule has 0 aliphatic carbocycles. The standard InChI is InChI=1S/C14H20N2O2S3/c1-3-15-10-13-14(6-8-20-13)21(17,18)16-11(2)9-12-5-4-7-19-12/h4-8,11,15-16H,3,9-10H2,1-2H3. The average Bonchev–Trinajstić information content (AvgIpc) is 3.06. The Kier molecular flexibility index (Phi) is 5.95. The van der Waals surface area contributed by atoms with Crippen molar-refractivity contribution in [2.75, 3.05) is 6.54 Å². The molecule has 0 bridgehead atoms. The van der Waals surface area contributed by atoms with Crippen molar-refractivity contribution in [3.63, 3.8) is 0 Å². The molecule has 2 heterocycles. The molecule has 7 heteroatoms. The Morgan fingerprint density at radius 3 is 2.71 bits per heavy atom. The normalized spacial score (nSPS) is 13.4. The van der Waals surface area contributed by atoms with Crippen LogP contribution in [0.25, 0.3) is 0 Å². The van der Waals surface area contributed by atoms with E-state index in [9.17, 15) is 8.42 Å². The Bertz CT molecular complexity index is 648. The fraction of sp³-hybridized carbons (Fsp3) is 0.429. The van der Waals surface area contributed by atoms with Crippen LogP contribution < -0.4 is 10.0 Å². The van der Waals surface area contributed by atoms with Crippen LogP contribution in [0.3, 0.4) is 0 Å². The predicted octanol–water partition coefficient (Wildman–Crippen LogP) is 2.83. The zero-order valence-electron chi connectivity index (χ0n) is 12.1. The highest BCUT2D eigenvalue weighted by atomic mass is 32.2. The highest BCUT2D eigenvalue weighted by Gasteiger charge is 2.21. The molecular formula is C14H20N2O2S3. The van der Waals surface area contributed by atoms with Crippen LogP contribution in [0.15, 0.2) is 33.9 Å². The number of thiophene rings is 2. The van der Waals surface area contributed by atoms with E-state index in [0.29, 0.717) is 17.9 Å². The van der Waals surface area contributed by atoms with Gasteiger partial charge in [0.1, 0.15) is 0 Å². The third kappa shape index (κ3) is 4.62. The summed E-state index contributed by atoms with van der Waals surface area (Å²) in [6.07, 6.45) is 0.712. The van der Waals surface area contributed by atoms with Crippen molar-refractivity contribution in [1.29, 1.82) is 0 Å². The SMILES string of the molecule is CCNCc1sccc1S(=O)(=O)NC(C)Cc1cccs1. The van der Waals surface area contributed by atoms with Crippen LogP contribution >= 0.6 is 22.7 Å². The molecule has 2 aromatic rings. The first-order valence-corrected chi connectivity index (χ1v) is 10.1. The molecule has 0 aliphatic rings. The van der Waals surface area contributed by atoms with Crippen molar-refractivity contribution in [3.05, 3.63) is 38.7 Å². The molecule has 0 radical (unpaired) electrons. The maximum absolute atomic E-state index is 12.5. The van der Waals surface area contributed by atoms with Gasteiger partial charge in [0.05, 0.1) is 4.90 Å². The second-order valence-electron chi connectivity index (χ2n) is 4.79. The Morgan fingerprint density at radius 1 is 1.24 bits per heavy atom. The smallest absolute Gasteiger partial charge is 0.241 e. The molecule has 0 saturated carbocycles. The molecule has 0 aliphatic heterocycles. The van der Waals surface area contributed by atoms with E-state index in [1.165, 1.54) is 16.2 Å². The third-order valence-electron chi connectivity index (χ3n) is 2.97. The minimum atomic E-state index is -3.46. The predicted molar refractivity (Wildman–Crippen MR) is 89.5 cm³/mol. The molecule has 116 valence electrons. The molecule has 1 unspecified atom stereocenters. The van der Waals surface area contributed by atoms with Crippen molar-refractivity contribution in [1.82, 2.24) is 10.0 Å². The summed E-state index contributed by atoms with van der Waals surface area (Å²) in [6.45, 7) is 5.31. The van der Waals surface area contributed by atoms with Gasteiger partial charge in [0.25, 0.3) is 0 Å². The van der Waals surface area contributed by atoms with Gasteiger partial charge in [-0.2, -0.15) is 0 Å². The number of hydrogen-bond acceptors (Lipinski definition) is 5. The van der Waals surface area contributed by atoms with Gasteiger partial charge in [-0.3, -0.25) is 0 Å². The number of rotatable bonds is 8. The van der Waals surface area contributed by atoms with Gasteiger partial charge in [0.15, 0.2) is 0 Å². The molecule has 0 amide bonds. The minimum Gasteiger partial charge on any atom is -0.312 e. The number of sulfonamides is 1. The highest BCUT2D eigenvalue weighted by molar-refractivity contribution is 7.89. The molecule has 0 spiro atoms. The average molecular weight is 345 g/mol. The van der Waals surface area contributed by atoms with Crippen molar-refractivity contribution < 1.29 is 8.42 Å². The lowest BCUT2D eigenvalue weighted by atomic mass is 10.2. The van der Waals surface area contributed by atoms with Crippen LogP contribution in [0.2, 0.25) is 0 Å². The van der Waals surface area contributed by atoms with Gasteiger partial charge in [0.2, 0.25) is 10.0 Å². The summed E-state index contributed by atoms with van der Waals surface area (Å²) in [5.41, 5.74) is 0. The molecule has 1 atom stereocenters. The Balaban J connectivity index is 2.05. The summed E-state index contributed by atoms with van der Waals surface area (Å²) < 4.78 is 27.7. The molecule has 2 rings (SSSR count). The summed E-state index contributed by atoms with van der Waals surface area (Å²) in [7, 11) is -3.46. The van der Waals surface area contributed by atoms with Gasteiger partial charge >= 0.3 is 0 Å². The molecule has 21 heavy (non-hydrogen) atoms. The maximum atomic E-state index is 12.5. The van der Waals surface area contributed by atoms with Gasteiger partial charge < -0.3 is 5.32 Å². The second-order valence-corrected chi connectivity index (χ2v) is 8.51. The monoisotopic (exact) mass is 344 g/mol. The van der Waals surface area contributed by atoms with E-state index in [2.05, 4.69) is 10.0 Å². The first kappa shape index (κ1) is 16.6. The summed E-state index contributed by atoms with van der Waals surface area (Å²) in [4.78, 5) is 2.43. The third-order valence-corrected chi connectivity index (χ3v) is 6.60. The Labute approximate surface area is 134 Å². The molecule has 0 aromatic carbocycles. The molecular weight excluding hydrogens is 324 g/mol. The topological polar surface area (TPSA) is 58.2 Å². The minimum absolute atomic E-state index is 0.125. The first-order valence-electron chi connectivity index (χ1n) is 6.84. The van der Waals surface area contributed by atoms with E-state index in [-0.39, 0.29) is 6.04 Å². The zero-order chi connectivity index (χ0) is 15.3. The Morgan fingerprint density at radius 2 is 2.05 bits per heavy atom. The molecule has 0 saturated heterocycles. The van der Waals surface area contributed by atoms with Crippen molar-refractivity contribution in [2.45, 2.75) is 37.8 Å². The molecule has 2 N–H and O–H groups in total. The number of hydrogen-bond donors (Lipinski definition) is 2. The number of nitrogens with one attached hydrogen (secondary N) is 2. The lowest BCUT2D eigenvalue weighted by Gasteiger charge is -2.14. The van der Waals surface area contributed by atoms with Gasteiger partial charge in [-0.15, -0.1) is 22.7 Å². The van der Waals surface area contributed by atoms with Crippen LogP contribution in [0.4, 0.5) is 0 Å². The zero-order valence-corrected chi connectivity index (χ0v) is 14.6. The lowest BCUT2D eigenvalue weighted by Crippen LogP contribution is -2.34. The van der Waals surface area contributed by atoms with Gasteiger partial charge in [-0.25, -0.2) is 13.1 Å². The second kappa shape index (κ2) is 7.51. The fourth-order valence-corrected chi connectivity index (χ4v) is 5.53. The van der Waals surface area contributed by atoms with Crippen molar-refractivity contribution >= 4 is 32.7 Å². The van der Waals surface area contributed by atoms with Crippen LogP contribution in [-0.2, 0) is 23.0 Å². The lowest BCUT2D eigenvalue weighted by molar-refractivity contribution is 0.559. The summed E-state index contributed by atoms with van der Waals surface area (Å²) >= 11 is 3.12. The molecule has 2 aromatic heterocycles. The summed E-state index contributed by atoms with van der Waals surface area (Å²) in [6, 6.07) is 5.56. The van der Waals surface area contributed by atoms with Crippen LogP contribution in [0, 0.1) is 0 Å². The maximum Gasteiger partial charge on any atom is 0.241 e. The summed E-state index contributed by atoms with van der Waals surface area (Å²) in [5, 5.41) is 7.00. The van der Waals surface area contributed by atoms with Gasteiger partial charge in [0, 0.05) is 22.3 Å². The molecule has 4 nitrogen and oxygen atoms in total. The van der Waals surface area contributed by atoms with Crippen LogP contribution in [0.1, 0.15) is 23.6 Å². The van der Waals surface area contributed by atoms with E-state index in [4.69, 9.17) is 0 Å². The van der Waals surface area contributed by atoms with E-state index >= 15 is 0 Å². The van der Waals surface area contributed by atoms with Crippen molar-refractivity contribution in [2.24, 2.45) is 0 Å². The van der Waals surface area contributed by atoms with E-state index in [1.54, 1.807) is 17.4 Å². The first-order chi connectivity index (χ1) is 10.0. The summed E-state index contributed by atoms with van der Waals surface area (Å²) in [5.74, 6) is 0.